The second kappa shape index (κ2) is 8.70. The molecule has 0 spiro atoms. The standard InChI is InChI=1S/C17H23N3O5S/c1-3-4-9-26(23,24)19-14-6-5-13-7-8-20(15(13)10-14)12-16(21)18-11-17(22)25-2/h5-8,10,19H,3-4,9,11-12H2,1-2H3,(H,18,21). The van der Waals surface area contributed by atoms with Crippen molar-refractivity contribution < 1.29 is 22.7 Å². The van der Waals surface area contributed by atoms with Crippen molar-refractivity contribution in [3.8, 4) is 0 Å². The molecule has 2 rings (SSSR count). The fraction of sp³-hybridized carbons (Fsp3) is 0.412. The van der Waals surface area contributed by atoms with Crippen LogP contribution in [0.2, 0.25) is 0 Å². The number of amides is 1. The van der Waals surface area contributed by atoms with Crippen molar-refractivity contribution in [2.24, 2.45) is 0 Å². The van der Waals surface area contributed by atoms with Crippen LogP contribution in [0.5, 0.6) is 0 Å². The number of methoxy groups -OCH3 is 1. The fourth-order valence-electron chi connectivity index (χ4n) is 2.40. The van der Waals surface area contributed by atoms with Gasteiger partial charge in [0.25, 0.3) is 0 Å². The number of nitrogens with zero attached hydrogens (tertiary/aromatic N) is 1. The molecule has 26 heavy (non-hydrogen) atoms. The minimum absolute atomic E-state index is 0.00648. The zero-order valence-corrected chi connectivity index (χ0v) is 15.6. The number of aromatic nitrogens is 1. The number of anilines is 1. The van der Waals surface area contributed by atoms with Crippen molar-refractivity contribution in [3.05, 3.63) is 30.5 Å². The number of ether oxygens (including phenoxy) is 1. The van der Waals surface area contributed by atoms with Crippen LogP contribution < -0.4 is 10.0 Å². The first-order valence-corrected chi connectivity index (χ1v) is 9.92. The van der Waals surface area contributed by atoms with Crippen molar-refractivity contribution in [2.45, 2.75) is 26.3 Å². The number of hydrogen-bond donors (Lipinski definition) is 2. The molecule has 1 aromatic carbocycles. The lowest BCUT2D eigenvalue weighted by molar-refractivity contribution is -0.141. The number of carbonyl (C=O) groups is 2. The van der Waals surface area contributed by atoms with Crippen LogP contribution in [0.15, 0.2) is 30.5 Å². The highest BCUT2D eigenvalue weighted by molar-refractivity contribution is 7.92. The van der Waals surface area contributed by atoms with Crippen molar-refractivity contribution in [3.63, 3.8) is 0 Å². The fourth-order valence-corrected chi connectivity index (χ4v) is 3.66. The van der Waals surface area contributed by atoms with E-state index in [1.807, 2.05) is 13.0 Å². The van der Waals surface area contributed by atoms with Crippen LogP contribution in [0.4, 0.5) is 5.69 Å². The maximum atomic E-state index is 12.0. The molecule has 9 heteroatoms. The van der Waals surface area contributed by atoms with Crippen molar-refractivity contribution in [1.82, 2.24) is 9.88 Å². The topological polar surface area (TPSA) is 107 Å². The Morgan fingerprint density at radius 3 is 2.69 bits per heavy atom. The molecule has 0 aliphatic carbocycles. The highest BCUT2D eigenvalue weighted by Gasteiger charge is 2.12. The highest BCUT2D eigenvalue weighted by atomic mass is 32.2. The maximum Gasteiger partial charge on any atom is 0.325 e. The lowest BCUT2D eigenvalue weighted by atomic mass is 10.2. The molecule has 1 heterocycles. The summed E-state index contributed by atoms with van der Waals surface area (Å²) in [6.07, 6.45) is 3.12. The van der Waals surface area contributed by atoms with E-state index in [0.29, 0.717) is 17.6 Å². The van der Waals surface area contributed by atoms with E-state index >= 15 is 0 Å². The van der Waals surface area contributed by atoms with Gasteiger partial charge in [0.05, 0.1) is 24.1 Å². The minimum Gasteiger partial charge on any atom is -0.468 e. The smallest absolute Gasteiger partial charge is 0.325 e. The molecule has 1 aromatic heterocycles. The lowest BCUT2D eigenvalue weighted by Gasteiger charge is -2.10. The number of unbranched alkanes of at least 4 members (excludes halogenated alkanes) is 1. The first kappa shape index (κ1) is 19.8. The largest absolute Gasteiger partial charge is 0.468 e. The normalized spacial score (nSPS) is 11.3. The molecule has 0 saturated heterocycles. The molecule has 142 valence electrons. The number of sulfonamides is 1. The van der Waals surface area contributed by atoms with Gasteiger partial charge in [-0.25, -0.2) is 8.42 Å². The predicted molar refractivity (Wildman–Crippen MR) is 99.3 cm³/mol. The molecule has 2 aromatic rings. The van der Waals surface area contributed by atoms with E-state index in [1.165, 1.54) is 7.11 Å². The third kappa shape index (κ3) is 5.48. The quantitative estimate of drug-likeness (QED) is 0.640. The predicted octanol–water partition coefficient (Wildman–Crippen LogP) is 1.47. The molecule has 0 bridgehead atoms. The molecule has 0 aliphatic heterocycles. The summed E-state index contributed by atoms with van der Waals surface area (Å²) in [5.74, 6) is -0.806. The number of carbonyl (C=O) groups excluding carboxylic acids is 2. The minimum atomic E-state index is -3.40. The first-order chi connectivity index (χ1) is 12.3. The van der Waals surface area contributed by atoms with Gasteiger partial charge in [-0.1, -0.05) is 19.4 Å². The van der Waals surface area contributed by atoms with Crippen molar-refractivity contribution in [1.29, 1.82) is 0 Å². The number of hydrogen-bond acceptors (Lipinski definition) is 5. The summed E-state index contributed by atoms with van der Waals surface area (Å²) >= 11 is 0. The SMILES string of the molecule is CCCCS(=O)(=O)Nc1ccc2ccn(CC(=O)NCC(=O)OC)c2c1. The summed E-state index contributed by atoms with van der Waals surface area (Å²) in [5, 5.41) is 3.34. The van der Waals surface area contributed by atoms with E-state index < -0.39 is 16.0 Å². The van der Waals surface area contributed by atoms with Crippen LogP contribution in [-0.4, -0.2) is 44.3 Å². The summed E-state index contributed by atoms with van der Waals surface area (Å²) in [7, 11) is -2.15. The Balaban J connectivity index is 2.12. The average Bonchev–Trinajstić information content (AvgIpc) is 2.99. The molecular weight excluding hydrogens is 358 g/mol. The van der Waals surface area contributed by atoms with Crippen LogP contribution >= 0.6 is 0 Å². The van der Waals surface area contributed by atoms with Crippen molar-refractivity contribution >= 4 is 38.5 Å². The summed E-state index contributed by atoms with van der Waals surface area (Å²) in [6, 6.07) is 6.99. The van der Waals surface area contributed by atoms with Gasteiger partial charge in [0.15, 0.2) is 0 Å². The maximum absolute atomic E-state index is 12.0. The Morgan fingerprint density at radius 1 is 1.23 bits per heavy atom. The molecule has 2 N–H and O–H groups in total. The molecule has 0 fully saturated rings. The molecule has 0 saturated carbocycles. The Kier molecular flexibility index (Phi) is 6.62. The number of nitrogens with one attached hydrogen (secondary N) is 2. The molecule has 0 unspecified atom stereocenters. The van der Waals surface area contributed by atoms with Gasteiger partial charge >= 0.3 is 5.97 Å². The average molecular weight is 381 g/mol. The van der Waals surface area contributed by atoms with Crippen LogP contribution in [0.1, 0.15) is 19.8 Å². The van der Waals surface area contributed by atoms with E-state index in [-0.39, 0.29) is 24.7 Å². The summed E-state index contributed by atoms with van der Waals surface area (Å²) in [4.78, 5) is 23.0. The lowest BCUT2D eigenvalue weighted by Crippen LogP contribution is -2.32. The second-order valence-corrected chi connectivity index (χ2v) is 7.69. The van der Waals surface area contributed by atoms with Gasteiger partial charge in [-0.2, -0.15) is 0 Å². The summed E-state index contributed by atoms with van der Waals surface area (Å²) in [6.45, 7) is 1.74. The summed E-state index contributed by atoms with van der Waals surface area (Å²) in [5.41, 5.74) is 1.16. The molecule has 0 aliphatic rings. The van der Waals surface area contributed by atoms with Gasteiger partial charge in [0, 0.05) is 6.20 Å². The zero-order chi connectivity index (χ0) is 19.2. The monoisotopic (exact) mass is 381 g/mol. The first-order valence-electron chi connectivity index (χ1n) is 8.27. The number of benzene rings is 1. The van der Waals surface area contributed by atoms with E-state index in [9.17, 15) is 18.0 Å². The Bertz CT molecular complexity index is 889. The number of fused-ring (bicyclic) bond motifs is 1. The molecule has 1 amide bonds. The van der Waals surface area contributed by atoms with E-state index in [4.69, 9.17) is 0 Å². The molecule has 8 nitrogen and oxygen atoms in total. The number of esters is 1. The van der Waals surface area contributed by atoms with Crippen molar-refractivity contribution in [2.75, 3.05) is 24.1 Å². The molecular formula is C17H23N3O5S. The molecule has 0 radical (unpaired) electrons. The van der Waals surface area contributed by atoms with E-state index in [0.717, 1.165) is 11.8 Å². The Labute approximate surface area is 152 Å². The number of rotatable bonds is 9. The zero-order valence-electron chi connectivity index (χ0n) is 14.8. The Hall–Kier alpha value is -2.55. The van der Waals surface area contributed by atoms with Crippen LogP contribution in [0, 0.1) is 0 Å². The van der Waals surface area contributed by atoms with Gasteiger partial charge < -0.3 is 14.6 Å². The molecule has 0 atom stereocenters. The third-order valence-corrected chi connectivity index (χ3v) is 5.16. The van der Waals surface area contributed by atoms with E-state index in [2.05, 4.69) is 14.8 Å². The van der Waals surface area contributed by atoms with Crippen LogP contribution in [0.25, 0.3) is 10.9 Å². The van der Waals surface area contributed by atoms with Gasteiger partial charge in [-0.3, -0.25) is 14.3 Å². The van der Waals surface area contributed by atoms with Gasteiger partial charge in [0.2, 0.25) is 15.9 Å². The highest BCUT2D eigenvalue weighted by Crippen LogP contribution is 2.21. The van der Waals surface area contributed by atoms with Gasteiger partial charge in [-0.15, -0.1) is 0 Å². The van der Waals surface area contributed by atoms with Crippen LogP contribution in [0.3, 0.4) is 0 Å². The van der Waals surface area contributed by atoms with Gasteiger partial charge in [-0.05, 0) is 30.0 Å². The second-order valence-electron chi connectivity index (χ2n) is 5.84. The summed E-state index contributed by atoms with van der Waals surface area (Å²) < 4.78 is 32.8. The van der Waals surface area contributed by atoms with Crippen LogP contribution in [-0.2, 0) is 30.9 Å². The Morgan fingerprint density at radius 2 is 2.00 bits per heavy atom. The van der Waals surface area contributed by atoms with Gasteiger partial charge in [0.1, 0.15) is 13.1 Å². The third-order valence-electron chi connectivity index (χ3n) is 3.79. The van der Waals surface area contributed by atoms with E-state index in [1.54, 1.807) is 29.0 Å².